The highest BCUT2D eigenvalue weighted by Crippen LogP contribution is 2.42. The van der Waals surface area contributed by atoms with Crippen molar-refractivity contribution in [1.82, 2.24) is 0 Å². The molecule has 1 fully saturated rings. The Labute approximate surface area is 100 Å². The molecule has 1 N–H and O–H groups in total. The van der Waals surface area contributed by atoms with Gasteiger partial charge >= 0.3 is 0 Å². The van der Waals surface area contributed by atoms with Crippen molar-refractivity contribution in [1.29, 1.82) is 0 Å². The van der Waals surface area contributed by atoms with Crippen molar-refractivity contribution in [3.8, 4) is 0 Å². The molecular formula is C12H26O3Si. The Bertz CT molecular complexity index is 257. The normalized spacial score (nSPS) is 32.6. The van der Waals surface area contributed by atoms with Gasteiger partial charge in [-0.3, -0.25) is 0 Å². The van der Waals surface area contributed by atoms with E-state index < -0.39 is 14.4 Å². The maximum absolute atomic E-state index is 9.54. The molecule has 16 heavy (non-hydrogen) atoms. The monoisotopic (exact) mass is 246 g/mol. The summed E-state index contributed by atoms with van der Waals surface area (Å²) < 4.78 is 11.6. The van der Waals surface area contributed by atoms with E-state index in [0.717, 1.165) is 0 Å². The van der Waals surface area contributed by atoms with Crippen LogP contribution in [0.4, 0.5) is 0 Å². The first-order chi connectivity index (χ1) is 7.01. The first kappa shape index (κ1) is 14.2. The summed E-state index contributed by atoms with van der Waals surface area (Å²) in [5.41, 5.74) is -0.387. The van der Waals surface area contributed by atoms with Gasteiger partial charge in [-0.05, 0) is 32.0 Å². The average Bonchev–Trinajstić information content (AvgIpc) is 2.73. The van der Waals surface area contributed by atoms with Crippen molar-refractivity contribution in [2.75, 3.05) is 6.61 Å². The molecule has 0 saturated carbocycles. The molecule has 0 aliphatic carbocycles. The zero-order valence-corrected chi connectivity index (χ0v) is 12.6. The Morgan fingerprint density at radius 1 is 1.44 bits per heavy atom. The highest BCUT2D eigenvalue weighted by Gasteiger charge is 2.56. The molecule has 96 valence electrons. The van der Waals surface area contributed by atoms with Crippen molar-refractivity contribution in [3.05, 3.63) is 0 Å². The van der Waals surface area contributed by atoms with E-state index in [1.165, 1.54) is 0 Å². The van der Waals surface area contributed by atoms with Crippen LogP contribution in [0.25, 0.3) is 0 Å². The van der Waals surface area contributed by atoms with Crippen LogP contribution < -0.4 is 0 Å². The third-order valence-electron chi connectivity index (χ3n) is 4.21. The molecule has 1 saturated heterocycles. The highest BCUT2D eigenvalue weighted by molar-refractivity contribution is 6.74. The molecule has 1 aliphatic rings. The van der Waals surface area contributed by atoms with Gasteiger partial charge in [-0.1, -0.05) is 20.8 Å². The van der Waals surface area contributed by atoms with Crippen LogP contribution in [0.2, 0.25) is 18.1 Å². The minimum atomic E-state index is -1.69. The predicted octanol–water partition coefficient (Wildman–Crippen LogP) is 2.55. The fourth-order valence-electron chi connectivity index (χ4n) is 1.34. The molecular weight excluding hydrogens is 220 g/mol. The quantitative estimate of drug-likeness (QED) is 0.612. The maximum atomic E-state index is 9.54. The van der Waals surface area contributed by atoms with Gasteiger partial charge in [-0.15, -0.1) is 0 Å². The molecule has 3 nitrogen and oxygen atoms in total. The molecule has 3 atom stereocenters. The number of hydrogen-bond acceptors (Lipinski definition) is 3. The topological polar surface area (TPSA) is 42.0 Å². The smallest absolute Gasteiger partial charge is 0.192 e. The molecule has 1 rings (SSSR count). The minimum Gasteiger partial charge on any atom is -0.414 e. The lowest BCUT2D eigenvalue weighted by atomic mass is 10.0. The second kappa shape index (κ2) is 4.09. The average molecular weight is 246 g/mol. The fraction of sp³-hybridized carbons (Fsp3) is 1.00. The van der Waals surface area contributed by atoms with Gasteiger partial charge < -0.3 is 14.3 Å². The summed E-state index contributed by atoms with van der Waals surface area (Å²) in [5, 5.41) is 9.77. The molecule has 1 aliphatic heterocycles. The first-order valence-electron chi connectivity index (χ1n) is 6.00. The molecule has 0 aromatic carbocycles. The van der Waals surface area contributed by atoms with E-state index in [-0.39, 0.29) is 16.7 Å². The molecule has 0 bridgehead atoms. The van der Waals surface area contributed by atoms with Gasteiger partial charge in [0.15, 0.2) is 8.32 Å². The van der Waals surface area contributed by atoms with Crippen molar-refractivity contribution in [3.63, 3.8) is 0 Å². The predicted molar refractivity (Wildman–Crippen MR) is 68.1 cm³/mol. The number of hydrogen-bond donors (Lipinski definition) is 1. The van der Waals surface area contributed by atoms with Crippen LogP contribution in [0.3, 0.4) is 0 Å². The minimum absolute atomic E-state index is 0.0571. The summed E-state index contributed by atoms with van der Waals surface area (Å²) in [6.07, 6.45) is -0.373. The van der Waals surface area contributed by atoms with Crippen molar-refractivity contribution in [2.24, 2.45) is 0 Å². The SMILES string of the molecule is C[C@H](O)[C@]1(C)O[C@@H]1CO[Si](C)(C)C(C)(C)C. The van der Waals surface area contributed by atoms with E-state index in [2.05, 4.69) is 33.9 Å². The van der Waals surface area contributed by atoms with Gasteiger partial charge in [-0.25, -0.2) is 0 Å². The third-order valence-corrected chi connectivity index (χ3v) is 8.71. The van der Waals surface area contributed by atoms with E-state index in [9.17, 15) is 5.11 Å². The van der Waals surface area contributed by atoms with Gasteiger partial charge in [0, 0.05) is 0 Å². The summed E-state index contributed by atoms with van der Waals surface area (Å²) in [6, 6.07) is 0. The van der Waals surface area contributed by atoms with Crippen LogP contribution in [0, 0.1) is 0 Å². The summed E-state index contributed by atoms with van der Waals surface area (Å²) >= 11 is 0. The highest BCUT2D eigenvalue weighted by atomic mass is 28.4. The molecule has 0 aromatic heterocycles. The molecule has 0 aromatic rings. The Hall–Kier alpha value is 0.0969. The lowest BCUT2D eigenvalue weighted by Gasteiger charge is -2.36. The Balaban J connectivity index is 2.44. The number of rotatable bonds is 4. The van der Waals surface area contributed by atoms with E-state index in [1.54, 1.807) is 6.92 Å². The van der Waals surface area contributed by atoms with E-state index in [0.29, 0.717) is 6.61 Å². The third kappa shape index (κ3) is 2.67. The van der Waals surface area contributed by atoms with Crippen LogP contribution in [-0.2, 0) is 9.16 Å². The molecule has 0 spiro atoms. The largest absolute Gasteiger partial charge is 0.414 e. The van der Waals surface area contributed by atoms with Gasteiger partial charge in [0.2, 0.25) is 0 Å². The standard InChI is InChI=1S/C12H26O3Si/c1-9(13)12(5)10(15-12)8-14-16(6,7)11(2,3)4/h9-10,13H,8H2,1-7H3/t9-,10+,12-/m0/s1. The summed E-state index contributed by atoms with van der Waals surface area (Å²) in [4.78, 5) is 0. The van der Waals surface area contributed by atoms with Gasteiger partial charge in [0.1, 0.15) is 11.7 Å². The van der Waals surface area contributed by atoms with Crippen molar-refractivity contribution >= 4 is 8.32 Å². The van der Waals surface area contributed by atoms with Crippen LogP contribution in [-0.4, -0.2) is 37.8 Å². The van der Waals surface area contributed by atoms with Crippen molar-refractivity contribution < 1.29 is 14.3 Å². The van der Waals surface area contributed by atoms with Crippen LogP contribution in [0.1, 0.15) is 34.6 Å². The number of ether oxygens (including phenoxy) is 1. The van der Waals surface area contributed by atoms with Crippen LogP contribution in [0.5, 0.6) is 0 Å². The Morgan fingerprint density at radius 3 is 2.25 bits per heavy atom. The second-order valence-electron chi connectivity index (χ2n) is 6.54. The van der Waals surface area contributed by atoms with Crippen LogP contribution in [0.15, 0.2) is 0 Å². The van der Waals surface area contributed by atoms with E-state index in [1.807, 2.05) is 6.92 Å². The molecule has 0 radical (unpaired) electrons. The lowest BCUT2D eigenvalue weighted by Crippen LogP contribution is -2.42. The van der Waals surface area contributed by atoms with Crippen molar-refractivity contribution in [2.45, 2.75) is 70.6 Å². The molecule has 0 amide bonds. The second-order valence-corrected chi connectivity index (χ2v) is 11.3. The fourth-order valence-corrected chi connectivity index (χ4v) is 2.34. The summed E-state index contributed by atoms with van der Waals surface area (Å²) in [6.45, 7) is 15.5. The van der Waals surface area contributed by atoms with Gasteiger partial charge in [-0.2, -0.15) is 0 Å². The summed E-state index contributed by atoms with van der Waals surface area (Å²) in [7, 11) is -1.69. The van der Waals surface area contributed by atoms with E-state index >= 15 is 0 Å². The van der Waals surface area contributed by atoms with E-state index in [4.69, 9.17) is 9.16 Å². The maximum Gasteiger partial charge on any atom is 0.192 e. The number of aliphatic hydroxyl groups is 1. The Kier molecular flexibility index (Phi) is 3.62. The molecule has 0 unspecified atom stereocenters. The lowest BCUT2D eigenvalue weighted by molar-refractivity contribution is 0.100. The molecule has 4 heteroatoms. The van der Waals surface area contributed by atoms with Gasteiger partial charge in [0.25, 0.3) is 0 Å². The van der Waals surface area contributed by atoms with Crippen LogP contribution >= 0.6 is 0 Å². The number of aliphatic hydroxyl groups excluding tert-OH is 1. The Morgan fingerprint density at radius 2 is 1.94 bits per heavy atom. The summed E-state index contributed by atoms with van der Waals surface area (Å²) in [5.74, 6) is 0. The number of epoxide rings is 1. The zero-order valence-electron chi connectivity index (χ0n) is 11.6. The first-order valence-corrected chi connectivity index (χ1v) is 8.91. The molecule has 1 heterocycles. The zero-order chi connectivity index (χ0) is 12.8. The van der Waals surface area contributed by atoms with Gasteiger partial charge in [0.05, 0.1) is 12.7 Å².